The molecule has 0 saturated carbocycles. The monoisotopic (exact) mass is 490 g/mol. The number of aromatic nitrogens is 1. The Hall–Kier alpha value is -1.89. The van der Waals surface area contributed by atoms with Crippen molar-refractivity contribution >= 4 is 23.0 Å². The highest BCUT2D eigenvalue weighted by molar-refractivity contribution is 7.90. The van der Waals surface area contributed by atoms with Crippen molar-refractivity contribution < 1.29 is 40.4 Å². The summed E-state index contributed by atoms with van der Waals surface area (Å²) in [5.74, 6) is -1.21. The van der Waals surface area contributed by atoms with E-state index in [1.54, 1.807) is 20.8 Å². The van der Waals surface area contributed by atoms with Gasteiger partial charge in [-0.2, -0.15) is 0 Å². The van der Waals surface area contributed by atoms with Gasteiger partial charge >= 0.3 is 12.7 Å². The second-order valence-corrected chi connectivity index (χ2v) is 9.54. The largest absolute Gasteiger partial charge is 0.598 e. The highest BCUT2D eigenvalue weighted by atomic mass is 35.5. The molecule has 13 heteroatoms. The number of halogens is 7. The minimum Gasteiger partial charge on any atom is -0.598 e. The van der Waals surface area contributed by atoms with Gasteiger partial charge < -0.3 is 14.0 Å². The van der Waals surface area contributed by atoms with Gasteiger partial charge in [0, 0.05) is 11.4 Å². The van der Waals surface area contributed by atoms with Crippen molar-refractivity contribution in [3.05, 3.63) is 52.8 Å². The number of pyridine rings is 1. The van der Waals surface area contributed by atoms with Crippen molar-refractivity contribution in [1.82, 2.24) is 9.71 Å². The molecule has 0 spiro atoms. The van der Waals surface area contributed by atoms with Crippen LogP contribution in [0.3, 0.4) is 0 Å². The molecule has 1 heterocycles. The van der Waals surface area contributed by atoms with E-state index in [1.807, 2.05) is 0 Å². The van der Waals surface area contributed by atoms with Gasteiger partial charge in [-0.1, -0.05) is 17.7 Å². The number of hydrogen-bond acceptors (Lipinski definition) is 5. The van der Waals surface area contributed by atoms with E-state index in [9.17, 15) is 30.9 Å². The number of rotatable bonds is 6. The molecule has 2 aromatic rings. The van der Waals surface area contributed by atoms with Crippen LogP contribution in [0.15, 0.2) is 36.5 Å². The van der Waals surface area contributed by atoms with Gasteiger partial charge in [0.1, 0.15) is 22.3 Å². The van der Waals surface area contributed by atoms with Gasteiger partial charge in [-0.25, -0.2) is 0 Å². The van der Waals surface area contributed by atoms with Crippen LogP contribution in [-0.4, -0.2) is 27.0 Å². The van der Waals surface area contributed by atoms with Gasteiger partial charge in [-0.3, -0.25) is 4.98 Å². The van der Waals surface area contributed by atoms with E-state index in [4.69, 9.17) is 11.6 Å². The maximum atomic E-state index is 12.6. The van der Waals surface area contributed by atoms with Crippen LogP contribution in [0.1, 0.15) is 38.1 Å². The van der Waals surface area contributed by atoms with Crippen LogP contribution >= 0.6 is 11.6 Å². The van der Waals surface area contributed by atoms with Crippen molar-refractivity contribution in [3.8, 4) is 11.5 Å². The number of benzene rings is 1. The number of ether oxygens (including phenoxy) is 2. The summed E-state index contributed by atoms with van der Waals surface area (Å²) in [7, 11) is 0. The average molecular weight is 491 g/mol. The fourth-order valence-electron chi connectivity index (χ4n) is 2.24. The summed E-state index contributed by atoms with van der Waals surface area (Å²) in [4.78, 5) is 3.91. The molecule has 0 amide bonds. The molecule has 0 aliphatic heterocycles. The number of alkyl halides is 6. The predicted molar refractivity (Wildman–Crippen MR) is 102 cm³/mol. The number of nitrogens with zero attached hydrogens (tertiary/aromatic N) is 1. The van der Waals surface area contributed by atoms with Crippen molar-refractivity contribution in [2.75, 3.05) is 0 Å². The Kier molecular flexibility index (Phi) is 7.62. The Morgan fingerprint density at radius 2 is 1.61 bits per heavy atom. The van der Waals surface area contributed by atoms with Gasteiger partial charge in [0.15, 0.2) is 0 Å². The van der Waals surface area contributed by atoms with Crippen LogP contribution in [0, 0.1) is 0 Å². The van der Waals surface area contributed by atoms with Crippen molar-refractivity contribution in [1.29, 1.82) is 0 Å². The zero-order chi connectivity index (χ0) is 23.6. The molecule has 0 bridgehead atoms. The Morgan fingerprint density at radius 3 is 2.06 bits per heavy atom. The lowest BCUT2D eigenvalue weighted by atomic mass is 10.0. The van der Waals surface area contributed by atoms with Gasteiger partial charge in [0.25, 0.3) is 0 Å². The fourth-order valence-corrected chi connectivity index (χ4v) is 3.30. The first kappa shape index (κ1) is 25.4. The first-order valence-electron chi connectivity index (χ1n) is 8.50. The molecule has 1 aromatic carbocycles. The lowest BCUT2D eigenvalue weighted by Crippen LogP contribution is -2.41. The second kappa shape index (κ2) is 9.31. The zero-order valence-electron chi connectivity index (χ0n) is 16.3. The highest BCUT2D eigenvalue weighted by Gasteiger charge is 2.34. The Bertz CT molecular complexity index is 888. The van der Waals surface area contributed by atoms with Crippen molar-refractivity contribution in [2.24, 2.45) is 0 Å². The normalized spacial score (nSPS) is 14.8. The molecule has 2 unspecified atom stereocenters. The van der Waals surface area contributed by atoms with E-state index in [2.05, 4.69) is 19.2 Å². The molecule has 1 N–H and O–H groups in total. The third-order valence-corrected chi connectivity index (χ3v) is 5.44. The molecule has 0 saturated heterocycles. The molecular formula is C18H17ClF6N2O3S. The quantitative estimate of drug-likeness (QED) is 0.417. The SMILES string of the molecule is CC(C)(C)[S+]([O-])NC(c1ccc(OC(F)(F)F)c(Cl)c1)c1ccc(OC(F)(F)F)cn1. The van der Waals surface area contributed by atoms with Crippen LogP contribution in [0.2, 0.25) is 5.02 Å². The summed E-state index contributed by atoms with van der Waals surface area (Å²) >= 11 is 4.22. The lowest BCUT2D eigenvalue weighted by Gasteiger charge is -2.28. The molecule has 0 aliphatic carbocycles. The third kappa shape index (κ3) is 7.95. The molecule has 5 nitrogen and oxygen atoms in total. The van der Waals surface area contributed by atoms with Gasteiger partial charge in [-0.05, 0) is 50.6 Å². The minimum absolute atomic E-state index is 0.132. The Balaban J connectivity index is 2.40. The lowest BCUT2D eigenvalue weighted by molar-refractivity contribution is -0.275. The van der Waals surface area contributed by atoms with E-state index >= 15 is 0 Å². The van der Waals surface area contributed by atoms with Gasteiger partial charge in [-0.15, -0.1) is 31.1 Å². The van der Waals surface area contributed by atoms with E-state index in [1.165, 1.54) is 12.1 Å². The summed E-state index contributed by atoms with van der Waals surface area (Å²) < 4.78 is 96.7. The Morgan fingerprint density at radius 1 is 1.00 bits per heavy atom. The molecule has 31 heavy (non-hydrogen) atoms. The molecule has 0 radical (unpaired) electrons. The fraction of sp³-hybridized carbons (Fsp3) is 0.389. The topological polar surface area (TPSA) is 66.4 Å². The van der Waals surface area contributed by atoms with Crippen LogP contribution in [-0.2, 0) is 11.4 Å². The van der Waals surface area contributed by atoms with Crippen molar-refractivity contribution in [2.45, 2.75) is 44.3 Å². The van der Waals surface area contributed by atoms with E-state index in [0.29, 0.717) is 0 Å². The highest BCUT2D eigenvalue weighted by Crippen LogP contribution is 2.34. The summed E-state index contributed by atoms with van der Waals surface area (Å²) in [5.41, 5.74) is 0.391. The summed E-state index contributed by atoms with van der Waals surface area (Å²) in [5, 5.41) is -0.375. The summed E-state index contributed by atoms with van der Waals surface area (Å²) in [6, 6.07) is 4.60. The molecule has 0 aliphatic rings. The van der Waals surface area contributed by atoms with Crippen LogP contribution in [0.5, 0.6) is 11.5 Å². The third-order valence-electron chi connectivity index (χ3n) is 3.58. The smallest absolute Gasteiger partial charge is 0.573 e. The number of hydrogen-bond donors (Lipinski definition) is 1. The standard InChI is InChI=1S/C18H17ClF6N2O3S/c1-16(2,3)31(28)27-15(13-6-5-11(9-26-13)29-17(20,21)22)10-4-7-14(12(19)8-10)30-18(23,24)25/h4-9,15,27H,1-3H3. The molecule has 172 valence electrons. The summed E-state index contributed by atoms with van der Waals surface area (Å²) in [6.45, 7) is 5.02. The maximum Gasteiger partial charge on any atom is 0.573 e. The average Bonchev–Trinajstić information content (AvgIpc) is 2.59. The van der Waals surface area contributed by atoms with Gasteiger partial charge in [0.2, 0.25) is 0 Å². The van der Waals surface area contributed by atoms with Crippen molar-refractivity contribution in [3.63, 3.8) is 0 Å². The first-order chi connectivity index (χ1) is 14.0. The number of nitrogens with one attached hydrogen (secondary N) is 1. The van der Waals surface area contributed by atoms with Crippen LogP contribution in [0.4, 0.5) is 26.3 Å². The molecule has 1 aromatic heterocycles. The zero-order valence-corrected chi connectivity index (χ0v) is 17.8. The minimum atomic E-state index is -4.95. The van der Waals surface area contributed by atoms with Crippen LogP contribution < -0.4 is 14.2 Å². The van der Waals surface area contributed by atoms with Gasteiger partial charge in [0.05, 0.1) is 16.9 Å². The van der Waals surface area contributed by atoms with E-state index < -0.39 is 46.4 Å². The second-order valence-electron chi connectivity index (χ2n) is 7.14. The molecule has 0 fully saturated rings. The Labute approximate surface area is 182 Å². The molecule has 2 atom stereocenters. The van der Waals surface area contributed by atoms with E-state index in [-0.39, 0.29) is 16.3 Å². The molecular weight excluding hydrogens is 474 g/mol. The first-order valence-corrected chi connectivity index (χ1v) is 10.0. The predicted octanol–water partition coefficient (Wildman–Crippen LogP) is 5.67. The summed E-state index contributed by atoms with van der Waals surface area (Å²) in [6.07, 6.45) is -9.04. The molecule has 2 rings (SSSR count). The van der Waals surface area contributed by atoms with Crippen LogP contribution in [0.25, 0.3) is 0 Å². The maximum absolute atomic E-state index is 12.6. The van der Waals surface area contributed by atoms with E-state index in [0.717, 1.165) is 24.4 Å².